The lowest BCUT2D eigenvalue weighted by atomic mass is 9.80. The summed E-state index contributed by atoms with van der Waals surface area (Å²) in [6.45, 7) is 0.235. The Hall–Kier alpha value is -1.84. The van der Waals surface area contributed by atoms with Gasteiger partial charge in [-0.3, -0.25) is 9.59 Å². The van der Waals surface area contributed by atoms with Crippen molar-refractivity contribution in [1.29, 1.82) is 0 Å². The van der Waals surface area contributed by atoms with E-state index in [1.54, 1.807) is 7.05 Å². The van der Waals surface area contributed by atoms with Crippen molar-refractivity contribution in [3.63, 3.8) is 0 Å². The van der Waals surface area contributed by atoms with Gasteiger partial charge in [0.1, 0.15) is 0 Å². The van der Waals surface area contributed by atoms with Crippen molar-refractivity contribution in [2.45, 2.75) is 31.6 Å². The minimum atomic E-state index is -0.889. The van der Waals surface area contributed by atoms with E-state index in [0.717, 1.165) is 0 Å². The number of hydrogen-bond acceptors (Lipinski definition) is 2. The van der Waals surface area contributed by atoms with Crippen LogP contribution in [0.5, 0.6) is 0 Å². The van der Waals surface area contributed by atoms with Gasteiger partial charge in [-0.15, -0.1) is 0 Å². The predicted octanol–water partition coefficient (Wildman–Crippen LogP) is 2.50. The number of carboxylic acid groups (broad SMARTS) is 1. The van der Waals surface area contributed by atoms with Gasteiger partial charge < -0.3 is 10.0 Å². The van der Waals surface area contributed by atoms with Crippen molar-refractivity contribution in [2.75, 3.05) is 13.6 Å². The van der Waals surface area contributed by atoms with E-state index in [1.807, 2.05) is 24.3 Å². The highest BCUT2D eigenvalue weighted by Gasteiger charge is 2.20. The van der Waals surface area contributed by atoms with Gasteiger partial charge in [0.15, 0.2) is 0 Å². The number of carbonyl (C=O) groups is 2. The molecule has 1 aliphatic carbocycles. The third kappa shape index (κ3) is 3.34. The van der Waals surface area contributed by atoms with Gasteiger partial charge in [0.2, 0.25) is 0 Å². The molecule has 19 heavy (non-hydrogen) atoms. The van der Waals surface area contributed by atoms with Crippen LogP contribution in [0, 0.1) is 0 Å². The second kappa shape index (κ2) is 5.87. The molecule has 1 aliphatic rings. The normalized spacial score (nSPS) is 14.8. The Labute approximate surface area is 113 Å². The molecule has 1 fully saturated rings. The third-order valence-corrected chi connectivity index (χ3v) is 3.74. The number of amides is 1. The smallest absolute Gasteiger partial charge is 0.305 e. The summed E-state index contributed by atoms with van der Waals surface area (Å²) < 4.78 is 0. The van der Waals surface area contributed by atoms with Crippen LogP contribution in [0.15, 0.2) is 24.3 Å². The van der Waals surface area contributed by atoms with Gasteiger partial charge in [0, 0.05) is 19.2 Å². The van der Waals surface area contributed by atoms with E-state index in [2.05, 4.69) is 0 Å². The lowest BCUT2D eigenvalue weighted by molar-refractivity contribution is -0.137. The molecule has 0 heterocycles. The topological polar surface area (TPSA) is 57.6 Å². The first-order chi connectivity index (χ1) is 9.08. The van der Waals surface area contributed by atoms with Gasteiger partial charge in [-0.05, 0) is 36.5 Å². The van der Waals surface area contributed by atoms with Crippen LogP contribution < -0.4 is 0 Å². The number of aliphatic carboxylic acids is 1. The van der Waals surface area contributed by atoms with E-state index in [1.165, 1.54) is 29.7 Å². The summed E-state index contributed by atoms with van der Waals surface area (Å²) in [7, 11) is 1.63. The molecule has 0 radical (unpaired) electrons. The molecule has 1 saturated carbocycles. The number of carboxylic acids is 1. The van der Waals surface area contributed by atoms with Crippen LogP contribution in [0.25, 0.3) is 0 Å². The molecule has 0 aliphatic heterocycles. The van der Waals surface area contributed by atoms with Gasteiger partial charge in [0.05, 0.1) is 6.42 Å². The second-order valence-electron chi connectivity index (χ2n) is 5.12. The standard InChI is InChI=1S/C15H19NO3/c1-16(10-9-14(17)18)15(19)13-7-5-12(6-8-13)11-3-2-4-11/h5-8,11H,2-4,9-10H2,1H3,(H,17,18). The Balaban J connectivity index is 1.96. The van der Waals surface area contributed by atoms with Crippen molar-refractivity contribution in [1.82, 2.24) is 4.90 Å². The molecule has 102 valence electrons. The van der Waals surface area contributed by atoms with Gasteiger partial charge in [-0.25, -0.2) is 0 Å². The molecule has 0 aromatic heterocycles. The van der Waals surface area contributed by atoms with Crippen LogP contribution in [-0.2, 0) is 4.79 Å². The highest BCUT2D eigenvalue weighted by Crippen LogP contribution is 2.36. The molecule has 4 nitrogen and oxygen atoms in total. The molecule has 0 unspecified atom stereocenters. The SMILES string of the molecule is CN(CCC(=O)O)C(=O)c1ccc(C2CCC2)cc1. The molecule has 1 aromatic rings. The molecular formula is C15H19NO3. The molecule has 1 N–H and O–H groups in total. The fourth-order valence-corrected chi connectivity index (χ4v) is 2.22. The zero-order chi connectivity index (χ0) is 13.8. The van der Waals surface area contributed by atoms with Crippen LogP contribution in [-0.4, -0.2) is 35.5 Å². The van der Waals surface area contributed by atoms with Gasteiger partial charge >= 0.3 is 5.97 Å². The number of benzene rings is 1. The third-order valence-electron chi connectivity index (χ3n) is 3.74. The first kappa shape index (κ1) is 13.6. The van der Waals surface area contributed by atoms with E-state index in [4.69, 9.17) is 5.11 Å². The molecular weight excluding hydrogens is 242 g/mol. The molecule has 4 heteroatoms. The van der Waals surface area contributed by atoms with Gasteiger partial charge in [0.25, 0.3) is 5.91 Å². The summed E-state index contributed by atoms with van der Waals surface area (Å²) in [5.74, 6) is -0.352. The molecule has 0 saturated heterocycles. The number of carbonyl (C=O) groups excluding carboxylic acids is 1. The summed E-state index contributed by atoms with van der Waals surface area (Å²) in [6.07, 6.45) is 3.75. The van der Waals surface area contributed by atoms with Crippen molar-refractivity contribution in [3.8, 4) is 0 Å². The Kier molecular flexibility index (Phi) is 4.20. The lowest BCUT2D eigenvalue weighted by Gasteiger charge is -2.26. The average molecular weight is 261 g/mol. The van der Waals surface area contributed by atoms with Crippen molar-refractivity contribution < 1.29 is 14.7 Å². The summed E-state index contributed by atoms with van der Waals surface area (Å²) in [5.41, 5.74) is 1.92. The first-order valence-corrected chi connectivity index (χ1v) is 6.65. The lowest BCUT2D eigenvalue weighted by Crippen LogP contribution is -2.29. The van der Waals surface area contributed by atoms with Gasteiger partial charge in [-0.1, -0.05) is 18.6 Å². The summed E-state index contributed by atoms with van der Waals surface area (Å²) in [4.78, 5) is 24.0. The molecule has 0 bridgehead atoms. The van der Waals surface area contributed by atoms with E-state index in [-0.39, 0.29) is 18.9 Å². The van der Waals surface area contributed by atoms with E-state index in [0.29, 0.717) is 11.5 Å². The number of rotatable bonds is 5. The first-order valence-electron chi connectivity index (χ1n) is 6.65. The monoisotopic (exact) mass is 261 g/mol. The van der Waals surface area contributed by atoms with Crippen molar-refractivity contribution >= 4 is 11.9 Å². The minimum absolute atomic E-state index is 0.0254. The van der Waals surface area contributed by atoms with E-state index >= 15 is 0 Å². The molecule has 1 aromatic carbocycles. The predicted molar refractivity (Wildman–Crippen MR) is 72.2 cm³/mol. The molecule has 2 rings (SSSR count). The maximum atomic E-state index is 12.1. The van der Waals surface area contributed by atoms with Crippen molar-refractivity contribution in [3.05, 3.63) is 35.4 Å². The van der Waals surface area contributed by atoms with Gasteiger partial charge in [-0.2, -0.15) is 0 Å². The number of nitrogens with zero attached hydrogens (tertiary/aromatic N) is 1. The minimum Gasteiger partial charge on any atom is -0.481 e. The highest BCUT2D eigenvalue weighted by molar-refractivity contribution is 5.94. The summed E-state index contributed by atoms with van der Waals surface area (Å²) in [6, 6.07) is 7.71. The Bertz CT molecular complexity index is 463. The molecule has 0 atom stereocenters. The Morgan fingerprint density at radius 3 is 2.37 bits per heavy atom. The van der Waals surface area contributed by atoms with Crippen LogP contribution >= 0.6 is 0 Å². The van der Waals surface area contributed by atoms with Crippen LogP contribution in [0.2, 0.25) is 0 Å². The van der Waals surface area contributed by atoms with Crippen LogP contribution in [0.4, 0.5) is 0 Å². The quantitative estimate of drug-likeness (QED) is 0.886. The average Bonchev–Trinajstić information content (AvgIpc) is 2.34. The Morgan fingerprint density at radius 1 is 1.26 bits per heavy atom. The maximum Gasteiger partial charge on any atom is 0.305 e. The highest BCUT2D eigenvalue weighted by atomic mass is 16.4. The fraction of sp³-hybridized carbons (Fsp3) is 0.467. The zero-order valence-corrected chi connectivity index (χ0v) is 11.1. The number of hydrogen-bond donors (Lipinski definition) is 1. The Morgan fingerprint density at radius 2 is 1.89 bits per heavy atom. The van der Waals surface area contributed by atoms with Crippen molar-refractivity contribution in [2.24, 2.45) is 0 Å². The molecule has 1 amide bonds. The molecule has 0 spiro atoms. The van der Waals surface area contributed by atoms with Crippen LogP contribution in [0.3, 0.4) is 0 Å². The van der Waals surface area contributed by atoms with Crippen LogP contribution in [0.1, 0.15) is 47.5 Å². The van der Waals surface area contributed by atoms with E-state index < -0.39 is 5.97 Å². The summed E-state index contributed by atoms with van der Waals surface area (Å²) in [5, 5.41) is 8.61. The zero-order valence-electron chi connectivity index (χ0n) is 11.1. The maximum absolute atomic E-state index is 12.1. The summed E-state index contributed by atoms with van der Waals surface area (Å²) >= 11 is 0. The van der Waals surface area contributed by atoms with E-state index in [9.17, 15) is 9.59 Å². The second-order valence-corrected chi connectivity index (χ2v) is 5.12. The fourth-order valence-electron chi connectivity index (χ4n) is 2.22. The largest absolute Gasteiger partial charge is 0.481 e.